The van der Waals surface area contributed by atoms with Gasteiger partial charge in [-0.15, -0.1) is 0 Å². The third kappa shape index (κ3) is 9.54. The molecule has 0 saturated heterocycles. The van der Waals surface area contributed by atoms with Crippen LogP contribution in [0.1, 0.15) is 42.9 Å². The minimum Gasteiger partial charge on any atom is -0.399 e. The Bertz CT molecular complexity index is 1310. The molecule has 0 fully saturated rings. The molecule has 0 bridgehead atoms. The minimum absolute atomic E-state index is 0. The smallest absolute Gasteiger partial charge is 0.102 e. The maximum absolute atomic E-state index is 5.78. The summed E-state index contributed by atoms with van der Waals surface area (Å²) in [5.74, 6) is 0.413. The van der Waals surface area contributed by atoms with Gasteiger partial charge in [0.1, 0.15) is 5.66 Å². The molecule has 0 aliphatic heterocycles. The van der Waals surface area contributed by atoms with Crippen molar-refractivity contribution in [3.63, 3.8) is 0 Å². The Labute approximate surface area is 244 Å². The van der Waals surface area contributed by atoms with E-state index in [0.717, 1.165) is 17.8 Å². The molecule has 4 aromatic carbocycles. The van der Waals surface area contributed by atoms with Crippen LogP contribution < -0.4 is 40.6 Å². The molecule has 4 aromatic rings. The van der Waals surface area contributed by atoms with Crippen LogP contribution in [0.3, 0.4) is 0 Å². The first kappa shape index (κ1) is 32.7. The fourth-order valence-electron chi connectivity index (χ4n) is 4.37. The van der Waals surface area contributed by atoms with Gasteiger partial charge in [-0.2, -0.15) is 0 Å². The molecule has 0 unspecified atom stereocenters. The van der Waals surface area contributed by atoms with Gasteiger partial charge < -0.3 is 40.6 Å². The number of anilines is 4. The van der Waals surface area contributed by atoms with Gasteiger partial charge in [-0.1, -0.05) is 85.8 Å². The highest BCUT2D eigenvalue weighted by Gasteiger charge is 2.26. The highest BCUT2D eigenvalue weighted by atomic mass is 14.9. The Hall–Kier alpha value is -4.56. The Morgan fingerprint density at radius 2 is 0.951 bits per heavy atom. The molecule has 1 aliphatic carbocycles. The number of nitrogens with two attached hydrogens (primary N) is 6. The van der Waals surface area contributed by atoms with Gasteiger partial charge in [-0.25, -0.2) is 0 Å². The van der Waals surface area contributed by atoms with Crippen molar-refractivity contribution in [3.8, 4) is 0 Å². The van der Waals surface area contributed by atoms with Gasteiger partial charge >= 0.3 is 0 Å². The summed E-state index contributed by atoms with van der Waals surface area (Å²) >= 11 is 0. The number of hydrogen-bond donors (Lipinski definition) is 7. The molecule has 7 nitrogen and oxygen atoms in total. The van der Waals surface area contributed by atoms with Crippen LogP contribution >= 0.6 is 0 Å². The summed E-state index contributed by atoms with van der Waals surface area (Å²) in [5.41, 5.74) is 39.6. The first-order valence-electron chi connectivity index (χ1n) is 13.4. The number of benzene rings is 4. The lowest BCUT2D eigenvalue weighted by molar-refractivity contribution is 0.632. The molecule has 0 spiro atoms. The van der Waals surface area contributed by atoms with Gasteiger partial charge in [0.15, 0.2) is 0 Å². The maximum atomic E-state index is 5.78. The van der Waals surface area contributed by atoms with E-state index in [0.29, 0.717) is 17.3 Å². The number of allylic oxidation sites excluding steroid dienone is 2. The number of hydrogen-bond acceptors (Lipinski definition) is 7. The topological polar surface area (TPSA) is 191 Å². The van der Waals surface area contributed by atoms with Crippen molar-refractivity contribution < 1.29 is 0 Å². The van der Waals surface area contributed by atoms with Crippen LogP contribution in [0.25, 0.3) is 0 Å². The molecule has 0 saturated carbocycles. The molecule has 41 heavy (non-hydrogen) atoms. The van der Waals surface area contributed by atoms with Gasteiger partial charge in [-0.05, 0) is 78.6 Å². The Kier molecular flexibility index (Phi) is 11.7. The first-order chi connectivity index (χ1) is 19.0. The molecule has 216 valence electrons. The fourth-order valence-corrected chi connectivity index (χ4v) is 4.37. The number of nitrogen functional groups attached to an aromatic ring is 4. The van der Waals surface area contributed by atoms with Crippen molar-refractivity contribution in [2.75, 3.05) is 22.9 Å². The zero-order valence-electron chi connectivity index (χ0n) is 24.1. The molecular formula is C34H45N7. The monoisotopic (exact) mass is 551 g/mol. The lowest BCUT2D eigenvalue weighted by Gasteiger charge is -2.30. The van der Waals surface area contributed by atoms with Gasteiger partial charge in [0.25, 0.3) is 0 Å². The summed E-state index contributed by atoms with van der Waals surface area (Å²) in [6.07, 6.45) is 8.87. The van der Waals surface area contributed by atoms with Crippen LogP contribution in [0.5, 0.6) is 0 Å². The quantitative estimate of drug-likeness (QED) is 0.0906. The lowest BCUT2D eigenvalue weighted by Crippen LogP contribution is -2.47. The largest absolute Gasteiger partial charge is 0.399 e. The fraction of sp³-hybridized carbons (Fsp3) is 0.176. The zero-order chi connectivity index (χ0) is 29.2. The summed E-state index contributed by atoms with van der Waals surface area (Å²) in [6.45, 7) is 4.34. The number of para-hydroxylation sites is 2. The van der Waals surface area contributed by atoms with E-state index in [1.54, 1.807) is 12.1 Å². The summed E-state index contributed by atoms with van der Waals surface area (Å²) in [5, 5.41) is 0. The summed E-state index contributed by atoms with van der Waals surface area (Å²) in [4.78, 5) is 0. The van der Waals surface area contributed by atoms with E-state index in [-0.39, 0.29) is 11.6 Å². The van der Waals surface area contributed by atoms with E-state index >= 15 is 0 Å². The van der Waals surface area contributed by atoms with Gasteiger partial charge in [-0.3, -0.25) is 0 Å². The molecule has 0 atom stereocenters. The third-order valence-electron chi connectivity index (χ3n) is 6.91. The van der Waals surface area contributed by atoms with Crippen molar-refractivity contribution >= 4 is 22.7 Å². The van der Waals surface area contributed by atoms with Crippen LogP contribution in [0, 0.1) is 0 Å². The number of rotatable bonds is 4. The molecule has 15 N–H and O–H groups in total. The molecule has 0 radical (unpaired) electrons. The molecule has 1 aliphatic rings. The van der Waals surface area contributed by atoms with Crippen LogP contribution in [-0.4, -0.2) is 5.66 Å². The van der Waals surface area contributed by atoms with Crippen molar-refractivity contribution in [1.29, 1.82) is 0 Å². The molecule has 0 aromatic heterocycles. The molecule has 5 rings (SSSR count). The van der Waals surface area contributed by atoms with Gasteiger partial charge in [0.05, 0.1) is 11.4 Å². The summed E-state index contributed by atoms with van der Waals surface area (Å²) < 4.78 is 0. The van der Waals surface area contributed by atoms with E-state index in [4.69, 9.17) is 34.4 Å². The van der Waals surface area contributed by atoms with Crippen molar-refractivity contribution in [2.24, 2.45) is 11.5 Å². The second-order valence-corrected chi connectivity index (χ2v) is 10.2. The predicted molar refractivity (Wildman–Crippen MR) is 177 cm³/mol. The highest BCUT2D eigenvalue weighted by Crippen LogP contribution is 2.31. The third-order valence-corrected chi connectivity index (χ3v) is 6.91. The minimum atomic E-state index is -0.797. The van der Waals surface area contributed by atoms with Gasteiger partial charge in [0, 0.05) is 22.7 Å². The van der Waals surface area contributed by atoms with E-state index < -0.39 is 5.66 Å². The molecular weight excluding hydrogens is 506 g/mol. The average molecular weight is 552 g/mol. The van der Waals surface area contributed by atoms with Crippen LogP contribution in [0.4, 0.5) is 22.7 Å². The lowest BCUT2D eigenvalue weighted by atomic mass is 9.78. The van der Waals surface area contributed by atoms with Crippen molar-refractivity contribution in [2.45, 2.75) is 37.3 Å². The molecule has 7 heteroatoms. The summed E-state index contributed by atoms with van der Waals surface area (Å²) in [7, 11) is 0. The SMILES string of the molecule is CC1(c2ccccc2)C=CC(N)(N)C=C1.CCC(c1ccc(N)cc1)c1ccc(N)cc1.N.Nc1ccccc1N. The second kappa shape index (κ2) is 14.7. The van der Waals surface area contributed by atoms with Crippen LogP contribution in [-0.2, 0) is 5.41 Å². The van der Waals surface area contributed by atoms with Crippen LogP contribution in [0.15, 0.2) is 127 Å². The first-order valence-corrected chi connectivity index (χ1v) is 13.4. The standard InChI is InChI=1S/C15H18N2.C13H16N2.C6H8N2.H3N/c1-2-15(11-3-7-13(16)8-4-11)12-5-9-14(17)10-6-12;1-12(11-5-3-2-4-6-11)7-9-13(14,15)10-8-12;7-5-3-1-2-4-6(5)8;/h3-10,15H,2,16-17H2,1H3;2-10H,14-15H2,1H3;1-4H,7-8H2;1H3. The summed E-state index contributed by atoms with van der Waals surface area (Å²) in [6, 6.07) is 33.8. The normalized spacial score (nSPS) is 14.1. The Morgan fingerprint density at radius 3 is 1.32 bits per heavy atom. The van der Waals surface area contributed by atoms with Crippen molar-refractivity contribution in [1.82, 2.24) is 6.15 Å². The molecule has 0 heterocycles. The average Bonchev–Trinajstić information content (AvgIpc) is 2.96. The van der Waals surface area contributed by atoms with E-state index in [9.17, 15) is 0 Å². The van der Waals surface area contributed by atoms with E-state index in [2.05, 4.69) is 62.4 Å². The van der Waals surface area contributed by atoms with Crippen LogP contribution in [0.2, 0.25) is 0 Å². The Morgan fingerprint density at radius 1 is 0.561 bits per heavy atom. The van der Waals surface area contributed by atoms with Crippen molar-refractivity contribution in [3.05, 3.63) is 144 Å². The Balaban J connectivity index is 0.000000225. The van der Waals surface area contributed by atoms with Gasteiger partial charge in [0.2, 0.25) is 0 Å². The highest BCUT2D eigenvalue weighted by molar-refractivity contribution is 5.62. The zero-order valence-corrected chi connectivity index (χ0v) is 24.1. The second-order valence-electron chi connectivity index (χ2n) is 10.2. The maximum Gasteiger partial charge on any atom is 0.102 e. The van der Waals surface area contributed by atoms with E-state index in [1.807, 2.05) is 66.7 Å². The molecule has 0 amide bonds. The van der Waals surface area contributed by atoms with E-state index in [1.165, 1.54) is 16.7 Å². The predicted octanol–water partition coefficient (Wildman–Crippen LogP) is 6.09.